The highest BCUT2D eigenvalue weighted by Crippen LogP contribution is 2.41. The molecular formula is C11H15ClS2. The summed E-state index contributed by atoms with van der Waals surface area (Å²) in [5.41, 5.74) is 1.26. The molecule has 14 heavy (non-hydrogen) atoms. The summed E-state index contributed by atoms with van der Waals surface area (Å²) in [6.07, 6.45) is 0. The molecule has 0 aliphatic rings. The van der Waals surface area contributed by atoms with Crippen molar-refractivity contribution < 1.29 is 0 Å². The Bertz CT molecular complexity index is 270. The number of hydrogen-bond acceptors (Lipinski definition) is 2. The molecule has 0 amide bonds. The van der Waals surface area contributed by atoms with E-state index in [0.29, 0.717) is 4.58 Å². The van der Waals surface area contributed by atoms with Crippen LogP contribution in [0.25, 0.3) is 0 Å². The Hall–Kier alpha value is 0.210. The molecule has 0 fully saturated rings. The molecule has 0 unspecified atom stereocenters. The SMILES string of the molecule is CCSC(SCC)c1ccccc1Cl. The van der Waals surface area contributed by atoms with Gasteiger partial charge in [-0.05, 0) is 23.1 Å². The number of benzene rings is 1. The molecule has 1 aromatic rings. The fourth-order valence-corrected chi connectivity index (χ4v) is 4.15. The highest BCUT2D eigenvalue weighted by atomic mass is 35.5. The zero-order valence-electron chi connectivity index (χ0n) is 8.50. The zero-order chi connectivity index (χ0) is 10.4. The molecule has 1 aromatic carbocycles. The van der Waals surface area contributed by atoms with Gasteiger partial charge in [-0.1, -0.05) is 43.6 Å². The summed E-state index contributed by atoms with van der Waals surface area (Å²) in [6, 6.07) is 8.13. The Balaban J connectivity index is 2.81. The van der Waals surface area contributed by atoms with E-state index in [1.807, 2.05) is 35.7 Å². The molecule has 0 bridgehead atoms. The smallest absolute Gasteiger partial charge is 0.0765 e. The van der Waals surface area contributed by atoms with Crippen LogP contribution in [0.3, 0.4) is 0 Å². The van der Waals surface area contributed by atoms with E-state index in [4.69, 9.17) is 11.6 Å². The summed E-state index contributed by atoms with van der Waals surface area (Å²) in [4.78, 5) is 0. The van der Waals surface area contributed by atoms with Crippen LogP contribution in [0.4, 0.5) is 0 Å². The molecule has 78 valence electrons. The lowest BCUT2D eigenvalue weighted by atomic mass is 10.2. The second kappa shape index (κ2) is 6.65. The Kier molecular flexibility index (Phi) is 5.83. The predicted molar refractivity (Wildman–Crippen MR) is 70.5 cm³/mol. The number of hydrogen-bond donors (Lipinski definition) is 0. The summed E-state index contributed by atoms with van der Waals surface area (Å²) in [7, 11) is 0. The van der Waals surface area contributed by atoms with E-state index in [9.17, 15) is 0 Å². The van der Waals surface area contributed by atoms with Gasteiger partial charge < -0.3 is 0 Å². The van der Waals surface area contributed by atoms with Crippen molar-refractivity contribution in [2.24, 2.45) is 0 Å². The first-order chi connectivity index (χ1) is 6.79. The second-order valence-corrected chi connectivity index (χ2v) is 6.23. The van der Waals surface area contributed by atoms with Crippen LogP contribution in [0.15, 0.2) is 24.3 Å². The average molecular weight is 247 g/mol. The molecule has 0 saturated carbocycles. The van der Waals surface area contributed by atoms with Gasteiger partial charge in [-0.15, -0.1) is 23.5 Å². The quantitative estimate of drug-likeness (QED) is 0.682. The van der Waals surface area contributed by atoms with Gasteiger partial charge in [0.1, 0.15) is 0 Å². The molecule has 0 radical (unpaired) electrons. The Morgan fingerprint density at radius 2 is 1.71 bits per heavy atom. The lowest BCUT2D eigenvalue weighted by Gasteiger charge is -2.16. The van der Waals surface area contributed by atoms with Gasteiger partial charge in [0, 0.05) is 5.02 Å². The van der Waals surface area contributed by atoms with Crippen LogP contribution in [0, 0.1) is 0 Å². The van der Waals surface area contributed by atoms with Crippen molar-refractivity contribution >= 4 is 35.1 Å². The summed E-state index contributed by atoms with van der Waals surface area (Å²) in [5.74, 6) is 2.26. The third kappa shape index (κ3) is 3.41. The zero-order valence-corrected chi connectivity index (χ0v) is 10.9. The van der Waals surface area contributed by atoms with Gasteiger partial charge in [0.2, 0.25) is 0 Å². The van der Waals surface area contributed by atoms with E-state index in [0.717, 1.165) is 16.5 Å². The summed E-state index contributed by atoms with van der Waals surface area (Å²) in [5, 5.41) is 0.888. The highest BCUT2D eigenvalue weighted by molar-refractivity contribution is 8.16. The minimum atomic E-state index is 0.485. The Morgan fingerprint density at radius 3 is 2.21 bits per heavy atom. The van der Waals surface area contributed by atoms with Crippen LogP contribution in [0.1, 0.15) is 24.0 Å². The van der Waals surface area contributed by atoms with Gasteiger partial charge in [0.15, 0.2) is 0 Å². The average Bonchev–Trinajstić information content (AvgIpc) is 2.18. The minimum Gasteiger partial charge on any atom is -0.143 e. The normalized spacial score (nSPS) is 10.9. The van der Waals surface area contributed by atoms with E-state index in [-0.39, 0.29) is 0 Å². The molecule has 0 nitrogen and oxygen atoms in total. The molecular weight excluding hydrogens is 232 g/mol. The molecule has 3 heteroatoms. The van der Waals surface area contributed by atoms with Crippen LogP contribution >= 0.6 is 35.1 Å². The maximum atomic E-state index is 6.16. The van der Waals surface area contributed by atoms with Crippen molar-refractivity contribution in [1.82, 2.24) is 0 Å². The molecule has 0 heterocycles. The van der Waals surface area contributed by atoms with Crippen LogP contribution in [-0.2, 0) is 0 Å². The first-order valence-corrected chi connectivity index (χ1v) is 7.24. The maximum absolute atomic E-state index is 6.16. The fraction of sp³-hybridized carbons (Fsp3) is 0.455. The van der Waals surface area contributed by atoms with E-state index >= 15 is 0 Å². The summed E-state index contributed by atoms with van der Waals surface area (Å²) in [6.45, 7) is 4.37. The van der Waals surface area contributed by atoms with Crippen molar-refractivity contribution in [2.75, 3.05) is 11.5 Å². The van der Waals surface area contributed by atoms with Gasteiger partial charge in [0.05, 0.1) is 4.58 Å². The molecule has 0 N–H and O–H groups in total. The van der Waals surface area contributed by atoms with Crippen LogP contribution in [0.2, 0.25) is 5.02 Å². The largest absolute Gasteiger partial charge is 0.143 e. The van der Waals surface area contributed by atoms with E-state index < -0.39 is 0 Å². The lowest BCUT2D eigenvalue weighted by Crippen LogP contribution is -1.91. The number of halogens is 1. The van der Waals surface area contributed by atoms with Crippen molar-refractivity contribution in [1.29, 1.82) is 0 Å². The number of thioether (sulfide) groups is 2. The maximum Gasteiger partial charge on any atom is 0.0765 e. The van der Waals surface area contributed by atoms with Crippen LogP contribution < -0.4 is 0 Å². The van der Waals surface area contributed by atoms with Crippen molar-refractivity contribution in [3.8, 4) is 0 Å². The van der Waals surface area contributed by atoms with E-state index in [2.05, 4.69) is 26.0 Å². The van der Waals surface area contributed by atoms with Gasteiger partial charge in [-0.2, -0.15) is 0 Å². The second-order valence-electron chi connectivity index (χ2n) is 2.76. The summed E-state index contributed by atoms with van der Waals surface area (Å²) < 4.78 is 0.485. The monoisotopic (exact) mass is 246 g/mol. The molecule has 1 rings (SSSR count). The van der Waals surface area contributed by atoms with E-state index in [1.165, 1.54) is 5.56 Å². The standard InChI is InChI=1S/C11H15ClS2/c1-3-13-11(14-4-2)9-7-5-6-8-10(9)12/h5-8,11H,3-4H2,1-2H3. The number of rotatable bonds is 5. The predicted octanol–water partition coefficient (Wildman–Crippen LogP) is 4.84. The van der Waals surface area contributed by atoms with Gasteiger partial charge >= 0.3 is 0 Å². The first kappa shape index (κ1) is 12.3. The molecule has 0 aromatic heterocycles. The topological polar surface area (TPSA) is 0 Å². The third-order valence-corrected chi connectivity index (χ3v) is 4.74. The van der Waals surface area contributed by atoms with Crippen LogP contribution in [-0.4, -0.2) is 11.5 Å². The fourth-order valence-electron chi connectivity index (χ4n) is 1.20. The lowest BCUT2D eigenvalue weighted by molar-refractivity contribution is 1.35. The first-order valence-electron chi connectivity index (χ1n) is 4.77. The van der Waals surface area contributed by atoms with Crippen LogP contribution in [0.5, 0.6) is 0 Å². The van der Waals surface area contributed by atoms with E-state index in [1.54, 1.807) is 0 Å². The highest BCUT2D eigenvalue weighted by Gasteiger charge is 2.13. The van der Waals surface area contributed by atoms with Crippen molar-refractivity contribution in [2.45, 2.75) is 18.4 Å². The Morgan fingerprint density at radius 1 is 1.14 bits per heavy atom. The molecule has 0 aliphatic carbocycles. The molecule has 0 saturated heterocycles. The molecule has 0 atom stereocenters. The minimum absolute atomic E-state index is 0.485. The van der Waals surface area contributed by atoms with Gasteiger partial charge in [-0.3, -0.25) is 0 Å². The molecule has 0 aliphatic heterocycles. The third-order valence-electron chi connectivity index (χ3n) is 1.80. The van der Waals surface area contributed by atoms with Crippen molar-refractivity contribution in [3.05, 3.63) is 34.9 Å². The Labute approximate surface area is 99.8 Å². The van der Waals surface area contributed by atoms with Crippen molar-refractivity contribution in [3.63, 3.8) is 0 Å². The molecule has 0 spiro atoms. The van der Waals surface area contributed by atoms with Gasteiger partial charge in [0.25, 0.3) is 0 Å². The van der Waals surface area contributed by atoms with Gasteiger partial charge in [-0.25, -0.2) is 0 Å². The summed E-state index contributed by atoms with van der Waals surface area (Å²) >= 11 is 10.1.